The zero-order chi connectivity index (χ0) is 15.5. The number of benzene rings is 1. The Kier molecular flexibility index (Phi) is 4.18. The number of anilines is 2. The number of nitrogens with one attached hydrogen (secondary N) is 2. The van der Waals surface area contributed by atoms with Crippen molar-refractivity contribution in [2.24, 2.45) is 5.92 Å². The molecule has 3 amide bonds. The van der Waals surface area contributed by atoms with Crippen molar-refractivity contribution >= 4 is 23.3 Å². The molecule has 0 radical (unpaired) electrons. The van der Waals surface area contributed by atoms with E-state index in [0.29, 0.717) is 23.0 Å². The lowest BCUT2D eigenvalue weighted by atomic mass is 9.96. The van der Waals surface area contributed by atoms with Crippen LogP contribution < -0.4 is 15.4 Å². The Bertz CT molecular complexity index is 588. The highest BCUT2D eigenvalue weighted by molar-refractivity contribution is 5.96. The van der Waals surface area contributed by atoms with E-state index >= 15 is 0 Å². The average Bonchev–Trinajstić information content (AvgIpc) is 2.55. The first-order valence-electron chi connectivity index (χ1n) is 7.78. The molecule has 0 saturated carbocycles. The highest BCUT2D eigenvalue weighted by atomic mass is 16.5. The van der Waals surface area contributed by atoms with Crippen molar-refractivity contribution in [3.8, 4) is 5.75 Å². The second kappa shape index (κ2) is 6.25. The van der Waals surface area contributed by atoms with Gasteiger partial charge in [-0.05, 0) is 30.9 Å². The third-order valence-corrected chi connectivity index (χ3v) is 4.25. The minimum Gasteiger partial charge on any atom is -0.482 e. The lowest BCUT2D eigenvalue weighted by Crippen LogP contribution is -2.42. The predicted molar refractivity (Wildman–Crippen MR) is 84.2 cm³/mol. The predicted octanol–water partition coefficient (Wildman–Crippen LogP) is 2.67. The van der Waals surface area contributed by atoms with Crippen LogP contribution in [0.15, 0.2) is 18.2 Å². The second-order valence-corrected chi connectivity index (χ2v) is 5.84. The summed E-state index contributed by atoms with van der Waals surface area (Å²) in [4.78, 5) is 25.5. The third-order valence-electron chi connectivity index (χ3n) is 4.25. The van der Waals surface area contributed by atoms with Gasteiger partial charge in [-0.1, -0.05) is 13.3 Å². The van der Waals surface area contributed by atoms with E-state index in [0.717, 1.165) is 25.9 Å². The van der Waals surface area contributed by atoms with E-state index in [4.69, 9.17) is 4.74 Å². The zero-order valence-electron chi connectivity index (χ0n) is 12.7. The molecular weight excluding hydrogens is 282 g/mol. The average molecular weight is 303 g/mol. The summed E-state index contributed by atoms with van der Waals surface area (Å²) in [6, 6.07) is 5.19. The lowest BCUT2D eigenvalue weighted by Gasteiger charge is -2.32. The van der Waals surface area contributed by atoms with Gasteiger partial charge in [0.25, 0.3) is 5.91 Å². The van der Waals surface area contributed by atoms with Gasteiger partial charge in [-0.3, -0.25) is 4.79 Å². The number of hydrogen-bond donors (Lipinski definition) is 2. The van der Waals surface area contributed by atoms with Crippen molar-refractivity contribution < 1.29 is 14.3 Å². The molecule has 6 nitrogen and oxygen atoms in total. The summed E-state index contributed by atoms with van der Waals surface area (Å²) in [7, 11) is 0. The number of hydrogen-bond acceptors (Lipinski definition) is 3. The number of piperidine rings is 1. The Morgan fingerprint density at radius 1 is 1.50 bits per heavy atom. The molecule has 1 saturated heterocycles. The number of carbonyl (C=O) groups is 2. The molecule has 118 valence electrons. The summed E-state index contributed by atoms with van der Waals surface area (Å²) in [6.07, 6.45) is 3.37. The van der Waals surface area contributed by atoms with Crippen molar-refractivity contribution in [3.63, 3.8) is 0 Å². The van der Waals surface area contributed by atoms with Crippen molar-refractivity contribution in [1.82, 2.24) is 4.90 Å². The van der Waals surface area contributed by atoms with Crippen LogP contribution in [0.25, 0.3) is 0 Å². The maximum atomic E-state index is 12.4. The number of ether oxygens (including phenoxy) is 1. The Hall–Kier alpha value is -2.24. The Morgan fingerprint density at radius 2 is 2.36 bits per heavy atom. The Balaban J connectivity index is 1.65. The fourth-order valence-corrected chi connectivity index (χ4v) is 2.94. The maximum Gasteiger partial charge on any atom is 0.321 e. The molecule has 1 aromatic carbocycles. The molecule has 1 atom stereocenters. The Labute approximate surface area is 129 Å². The number of carbonyl (C=O) groups excluding carboxylic acids is 2. The summed E-state index contributed by atoms with van der Waals surface area (Å²) in [5.41, 5.74) is 1.32. The molecule has 0 aromatic heterocycles. The van der Waals surface area contributed by atoms with E-state index in [1.54, 1.807) is 18.2 Å². The minimum atomic E-state index is -0.164. The van der Waals surface area contributed by atoms with Crippen LogP contribution in [0.4, 0.5) is 16.2 Å². The first kappa shape index (κ1) is 14.7. The van der Waals surface area contributed by atoms with Gasteiger partial charge in [0.2, 0.25) is 0 Å². The topological polar surface area (TPSA) is 70.7 Å². The maximum absolute atomic E-state index is 12.4. The largest absolute Gasteiger partial charge is 0.482 e. The van der Waals surface area contributed by atoms with Crippen LogP contribution in [0.5, 0.6) is 5.75 Å². The van der Waals surface area contributed by atoms with Crippen molar-refractivity contribution in [3.05, 3.63) is 18.2 Å². The summed E-state index contributed by atoms with van der Waals surface area (Å²) in [6.45, 7) is 3.80. The van der Waals surface area contributed by atoms with Gasteiger partial charge in [0.1, 0.15) is 5.75 Å². The van der Waals surface area contributed by atoms with Gasteiger partial charge in [-0.25, -0.2) is 4.79 Å². The van der Waals surface area contributed by atoms with Crippen molar-refractivity contribution in [1.29, 1.82) is 0 Å². The monoisotopic (exact) mass is 303 g/mol. The molecule has 2 aliphatic rings. The molecule has 22 heavy (non-hydrogen) atoms. The van der Waals surface area contributed by atoms with Gasteiger partial charge >= 0.3 is 6.03 Å². The molecule has 1 aromatic rings. The molecule has 3 rings (SSSR count). The molecule has 2 N–H and O–H groups in total. The molecule has 1 fully saturated rings. The minimum absolute atomic E-state index is 0.00864. The quantitative estimate of drug-likeness (QED) is 0.882. The SMILES string of the molecule is CCC1CCCN(C(=O)Nc2ccc3c(c2)OCC(=O)N3)C1. The van der Waals surface area contributed by atoms with Crippen LogP contribution in [0.1, 0.15) is 26.2 Å². The first-order valence-corrected chi connectivity index (χ1v) is 7.78. The second-order valence-electron chi connectivity index (χ2n) is 5.84. The number of likely N-dealkylation sites (tertiary alicyclic amines) is 1. The van der Waals surface area contributed by atoms with Gasteiger partial charge in [-0.2, -0.15) is 0 Å². The van der Waals surface area contributed by atoms with Crippen LogP contribution >= 0.6 is 0 Å². The first-order chi connectivity index (χ1) is 10.7. The standard InChI is InChI=1S/C16H21N3O3/c1-2-11-4-3-7-19(9-11)16(21)17-12-5-6-13-14(8-12)22-10-15(20)18-13/h5-6,8,11H,2-4,7,9-10H2,1H3,(H,17,21)(H,18,20). The molecule has 0 aliphatic carbocycles. The van der Waals surface area contributed by atoms with Gasteiger partial charge in [-0.15, -0.1) is 0 Å². The van der Waals surface area contributed by atoms with E-state index in [2.05, 4.69) is 17.6 Å². The fourth-order valence-electron chi connectivity index (χ4n) is 2.94. The summed E-state index contributed by atoms with van der Waals surface area (Å²) < 4.78 is 5.36. The van der Waals surface area contributed by atoms with E-state index in [1.165, 1.54) is 6.42 Å². The van der Waals surface area contributed by atoms with Crippen LogP contribution in [0.3, 0.4) is 0 Å². The highest BCUT2D eigenvalue weighted by Gasteiger charge is 2.23. The molecule has 2 aliphatic heterocycles. The molecule has 6 heteroatoms. The lowest BCUT2D eigenvalue weighted by molar-refractivity contribution is -0.118. The smallest absolute Gasteiger partial charge is 0.321 e. The summed E-state index contributed by atoms with van der Waals surface area (Å²) in [5.74, 6) is 1.02. The van der Waals surface area contributed by atoms with Gasteiger partial charge in [0.15, 0.2) is 6.61 Å². The number of urea groups is 1. The van der Waals surface area contributed by atoms with Gasteiger partial charge < -0.3 is 20.3 Å². The normalized spacial score (nSPS) is 20.7. The highest BCUT2D eigenvalue weighted by Crippen LogP contribution is 2.30. The van der Waals surface area contributed by atoms with Crippen LogP contribution in [-0.2, 0) is 4.79 Å². The van der Waals surface area contributed by atoms with Crippen molar-refractivity contribution in [2.45, 2.75) is 26.2 Å². The van der Waals surface area contributed by atoms with Crippen LogP contribution in [-0.4, -0.2) is 36.5 Å². The van der Waals surface area contributed by atoms with E-state index in [-0.39, 0.29) is 18.5 Å². The van der Waals surface area contributed by atoms with Crippen LogP contribution in [0, 0.1) is 5.92 Å². The van der Waals surface area contributed by atoms with E-state index in [1.807, 2.05) is 4.90 Å². The molecule has 0 spiro atoms. The number of nitrogens with zero attached hydrogens (tertiary/aromatic N) is 1. The van der Waals surface area contributed by atoms with Crippen molar-refractivity contribution in [2.75, 3.05) is 30.3 Å². The number of amides is 3. The molecule has 1 unspecified atom stereocenters. The van der Waals surface area contributed by atoms with E-state index in [9.17, 15) is 9.59 Å². The molecule has 2 heterocycles. The van der Waals surface area contributed by atoms with Gasteiger partial charge in [0, 0.05) is 24.8 Å². The van der Waals surface area contributed by atoms with E-state index < -0.39 is 0 Å². The number of rotatable bonds is 2. The zero-order valence-corrected chi connectivity index (χ0v) is 12.7. The summed E-state index contributed by atoms with van der Waals surface area (Å²) in [5, 5.41) is 5.64. The van der Waals surface area contributed by atoms with Gasteiger partial charge in [0.05, 0.1) is 5.69 Å². The Morgan fingerprint density at radius 3 is 3.18 bits per heavy atom. The number of fused-ring (bicyclic) bond motifs is 1. The third kappa shape index (κ3) is 3.16. The fraction of sp³-hybridized carbons (Fsp3) is 0.500. The molecule has 0 bridgehead atoms. The summed E-state index contributed by atoms with van der Waals surface area (Å²) >= 11 is 0. The van der Waals surface area contributed by atoms with Crippen LogP contribution in [0.2, 0.25) is 0 Å². The molecular formula is C16H21N3O3.